The highest BCUT2D eigenvalue weighted by Crippen LogP contribution is 2.13. The third-order valence-corrected chi connectivity index (χ3v) is 6.17. The fourth-order valence-corrected chi connectivity index (χ4v) is 4.24. The number of rotatable bonds is 8. The van der Waals surface area contributed by atoms with Crippen molar-refractivity contribution in [2.45, 2.75) is 36.9 Å². The Bertz CT molecular complexity index is 982. The number of aliphatic imine (C=N–C) groups is 1. The number of guanidine groups is 1. The van der Waals surface area contributed by atoms with Crippen LogP contribution in [0.2, 0.25) is 0 Å². The van der Waals surface area contributed by atoms with Crippen molar-refractivity contribution in [3.8, 4) is 0 Å². The second-order valence-electron chi connectivity index (χ2n) is 7.04. The molecule has 3 N–H and O–H groups in total. The monoisotopic (exact) mass is 562 g/mol. The summed E-state index contributed by atoms with van der Waals surface area (Å²) in [6, 6.07) is 12.5. The Balaban J connectivity index is 0.00000341. The average Bonchev–Trinajstić information content (AvgIpc) is 3.26. The van der Waals surface area contributed by atoms with Gasteiger partial charge in [0, 0.05) is 33.3 Å². The number of ether oxygens (including phenoxy) is 1. The third kappa shape index (κ3) is 8.02. The summed E-state index contributed by atoms with van der Waals surface area (Å²) in [5, 5.41) is 6.40. The van der Waals surface area contributed by atoms with Gasteiger partial charge in [-0.25, -0.2) is 17.5 Å². The van der Waals surface area contributed by atoms with Gasteiger partial charge in [0.05, 0.1) is 11.0 Å². The van der Waals surface area contributed by atoms with Crippen LogP contribution in [0.5, 0.6) is 0 Å². The SMILES string of the molecule is CN=C(NCc1cccc(S(=O)(=O)NCc2cccc(F)c2)c1)NCC1CCCO1.I. The van der Waals surface area contributed by atoms with Crippen molar-refractivity contribution in [1.82, 2.24) is 15.4 Å². The number of hydrogen-bond acceptors (Lipinski definition) is 4. The Morgan fingerprint density at radius 3 is 2.55 bits per heavy atom. The first-order valence-corrected chi connectivity index (χ1v) is 11.3. The summed E-state index contributed by atoms with van der Waals surface area (Å²) >= 11 is 0. The van der Waals surface area contributed by atoms with Gasteiger partial charge in [-0.15, -0.1) is 24.0 Å². The predicted molar refractivity (Wildman–Crippen MR) is 129 cm³/mol. The number of benzene rings is 2. The molecule has 1 saturated heterocycles. The van der Waals surface area contributed by atoms with E-state index < -0.39 is 15.8 Å². The van der Waals surface area contributed by atoms with Crippen LogP contribution < -0.4 is 15.4 Å². The van der Waals surface area contributed by atoms with Crippen LogP contribution in [0.4, 0.5) is 4.39 Å². The Hall–Kier alpha value is -1.76. The van der Waals surface area contributed by atoms with E-state index >= 15 is 0 Å². The third-order valence-electron chi connectivity index (χ3n) is 4.77. The first kappa shape index (κ1) is 25.5. The van der Waals surface area contributed by atoms with Crippen molar-refractivity contribution < 1.29 is 17.5 Å². The highest BCUT2D eigenvalue weighted by atomic mass is 127. The topological polar surface area (TPSA) is 91.8 Å². The molecule has 1 unspecified atom stereocenters. The van der Waals surface area contributed by atoms with E-state index in [2.05, 4.69) is 20.3 Å². The maximum absolute atomic E-state index is 13.3. The van der Waals surface area contributed by atoms with E-state index in [9.17, 15) is 12.8 Å². The molecule has 1 fully saturated rings. The van der Waals surface area contributed by atoms with Gasteiger partial charge < -0.3 is 15.4 Å². The summed E-state index contributed by atoms with van der Waals surface area (Å²) in [4.78, 5) is 4.34. The quantitative estimate of drug-likeness (QED) is 0.262. The predicted octanol–water partition coefficient (Wildman–Crippen LogP) is 2.77. The minimum Gasteiger partial charge on any atom is -0.376 e. The Kier molecular flexibility index (Phi) is 10.1. The smallest absolute Gasteiger partial charge is 0.240 e. The van der Waals surface area contributed by atoms with E-state index in [4.69, 9.17) is 4.74 Å². The number of halogens is 2. The minimum absolute atomic E-state index is 0. The molecule has 1 aliphatic rings. The van der Waals surface area contributed by atoms with Gasteiger partial charge in [-0.2, -0.15) is 0 Å². The molecule has 1 heterocycles. The van der Waals surface area contributed by atoms with Crippen molar-refractivity contribution in [3.63, 3.8) is 0 Å². The van der Waals surface area contributed by atoms with Gasteiger partial charge in [-0.05, 0) is 48.2 Å². The maximum atomic E-state index is 13.3. The van der Waals surface area contributed by atoms with Crippen LogP contribution in [-0.2, 0) is 27.8 Å². The van der Waals surface area contributed by atoms with Crippen LogP contribution in [0.25, 0.3) is 0 Å². The minimum atomic E-state index is -3.72. The molecule has 0 aliphatic carbocycles. The highest BCUT2D eigenvalue weighted by Gasteiger charge is 2.16. The van der Waals surface area contributed by atoms with Crippen LogP contribution in [0.1, 0.15) is 24.0 Å². The van der Waals surface area contributed by atoms with Gasteiger partial charge >= 0.3 is 0 Å². The molecule has 2 aromatic carbocycles. The lowest BCUT2D eigenvalue weighted by Gasteiger charge is -2.15. The standard InChI is InChI=1S/C21H27FN4O3S.HI/c1-23-21(25-15-19-8-4-10-29-19)24-13-17-6-3-9-20(12-17)30(27,28)26-14-16-5-2-7-18(22)11-16;/h2-3,5-7,9,11-12,19,26H,4,8,10,13-15H2,1H3,(H2,23,24,25);1H. The molecule has 0 saturated carbocycles. The molecule has 2 aromatic rings. The van der Waals surface area contributed by atoms with Crippen LogP contribution in [0.15, 0.2) is 58.4 Å². The maximum Gasteiger partial charge on any atom is 0.240 e. The zero-order valence-electron chi connectivity index (χ0n) is 17.3. The van der Waals surface area contributed by atoms with E-state index in [-0.39, 0.29) is 41.5 Å². The van der Waals surface area contributed by atoms with Gasteiger partial charge in [0.15, 0.2) is 5.96 Å². The molecule has 1 aliphatic heterocycles. The van der Waals surface area contributed by atoms with Gasteiger partial charge in [0.2, 0.25) is 10.0 Å². The van der Waals surface area contributed by atoms with Crippen molar-refractivity contribution in [2.24, 2.45) is 4.99 Å². The lowest BCUT2D eigenvalue weighted by molar-refractivity contribution is 0.114. The van der Waals surface area contributed by atoms with Gasteiger partial charge in [-0.1, -0.05) is 24.3 Å². The Morgan fingerprint density at radius 1 is 1.13 bits per heavy atom. The second kappa shape index (κ2) is 12.3. The highest BCUT2D eigenvalue weighted by molar-refractivity contribution is 14.0. The summed E-state index contributed by atoms with van der Waals surface area (Å²) in [6.45, 7) is 1.91. The summed E-state index contributed by atoms with van der Waals surface area (Å²) in [7, 11) is -2.04. The van der Waals surface area contributed by atoms with Crippen LogP contribution in [-0.4, -0.2) is 40.7 Å². The summed E-state index contributed by atoms with van der Waals surface area (Å²) in [5.74, 6) is 0.226. The molecular weight excluding hydrogens is 534 g/mol. The molecule has 0 spiro atoms. The van der Waals surface area contributed by atoms with Crippen LogP contribution in [0.3, 0.4) is 0 Å². The fourth-order valence-electron chi connectivity index (χ4n) is 3.15. The van der Waals surface area contributed by atoms with E-state index in [1.54, 1.807) is 31.3 Å². The zero-order chi connectivity index (χ0) is 21.4. The average molecular weight is 562 g/mol. The van der Waals surface area contributed by atoms with Crippen molar-refractivity contribution in [1.29, 1.82) is 0 Å². The summed E-state index contributed by atoms with van der Waals surface area (Å²) in [5.41, 5.74) is 1.35. The van der Waals surface area contributed by atoms with Gasteiger partial charge in [0.25, 0.3) is 0 Å². The van der Waals surface area contributed by atoms with E-state index in [0.717, 1.165) is 25.0 Å². The summed E-state index contributed by atoms with van der Waals surface area (Å²) < 4.78 is 46.6. The van der Waals surface area contributed by atoms with E-state index in [1.165, 1.54) is 18.2 Å². The molecular formula is C21H28FIN4O3S. The molecule has 3 rings (SSSR count). The van der Waals surface area contributed by atoms with Crippen molar-refractivity contribution in [2.75, 3.05) is 20.2 Å². The first-order chi connectivity index (χ1) is 14.5. The molecule has 0 radical (unpaired) electrons. The van der Waals surface area contributed by atoms with Gasteiger partial charge in [-0.3, -0.25) is 4.99 Å². The molecule has 7 nitrogen and oxygen atoms in total. The normalized spacial score (nSPS) is 16.6. The van der Waals surface area contributed by atoms with Crippen LogP contribution in [0, 0.1) is 5.82 Å². The van der Waals surface area contributed by atoms with Crippen LogP contribution >= 0.6 is 24.0 Å². The van der Waals surface area contributed by atoms with E-state index in [0.29, 0.717) is 24.6 Å². The largest absolute Gasteiger partial charge is 0.376 e. The lowest BCUT2D eigenvalue weighted by atomic mass is 10.2. The Morgan fingerprint density at radius 2 is 1.87 bits per heavy atom. The lowest BCUT2D eigenvalue weighted by Crippen LogP contribution is -2.40. The van der Waals surface area contributed by atoms with Crippen molar-refractivity contribution in [3.05, 3.63) is 65.5 Å². The second-order valence-corrected chi connectivity index (χ2v) is 8.81. The van der Waals surface area contributed by atoms with Crippen molar-refractivity contribution >= 4 is 40.0 Å². The number of hydrogen-bond donors (Lipinski definition) is 3. The Labute approximate surface area is 199 Å². The zero-order valence-corrected chi connectivity index (χ0v) is 20.5. The van der Waals surface area contributed by atoms with E-state index in [1.807, 2.05) is 6.07 Å². The molecule has 0 bridgehead atoms. The van der Waals surface area contributed by atoms with Gasteiger partial charge in [0.1, 0.15) is 5.82 Å². The molecule has 31 heavy (non-hydrogen) atoms. The number of sulfonamides is 1. The molecule has 0 amide bonds. The molecule has 0 aromatic heterocycles. The molecule has 170 valence electrons. The number of nitrogens with zero attached hydrogens (tertiary/aromatic N) is 1. The molecule has 10 heteroatoms. The number of nitrogens with one attached hydrogen (secondary N) is 3. The first-order valence-electron chi connectivity index (χ1n) is 9.85. The fraction of sp³-hybridized carbons (Fsp3) is 0.381. The summed E-state index contributed by atoms with van der Waals surface area (Å²) in [6.07, 6.45) is 2.31. The molecule has 1 atom stereocenters.